The van der Waals surface area contributed by atoms with Gasteiger partial charge in [0.25, 0.3) is 0 Å². The van der Waals surface area contributed by atoms with Gasteiger partial charge in [-0.2, -0.15) is 0 Å². The molecule has 0 heterocycles. The molecule has 54 valence electrons. The van der Waals surface area contributed by atoms with E-state index in [9.17, 15) is 0 Å². The molecule has 10 heteroatoms. The van der Waals surface area contributed by atoms with Crippen LogP contribution in [0.1, 0.15) is 0 Å². The Morgan fingerprint density at radius 2 is 1.00 bits per heavy atom. The second kappa shape index (κ2) is 17.1. The van der Waals surface area contributed by atoms with E-state index in [-0.39, 0.29) is 55.1 Å². The summed E-state index contributed by atoms with van der Waals surface area (Å²) >= 11 is 0. The van der Waals surface area contributed by atoms with Crippen molar-refractivity contribution in [2.45, 2.75) is 0 Å². The maximum atomic E-state index is 8.88. The molecule has 0 fully saturated rings. The molecule has 0 spiro atoms. The van der Waals surface area contributed by atoms with E-state index in [1.807, 2.05) is 0 Å². The van der Waals surface area contributed by atoms with E-state index in [4.69, 9.17) is 23.7 Å². The van der Waals surface area contributed by atoms with Gasteiger partial charge in [0.2, 0.25) is 10.1 Å². The molecule has 0 unspecified atom stereocenters. The summed E-state index contributed by atoms with van der Waals surface area (Å²) in [6, 6.07) is 0. The Bertz CT molecular complexity index is 75.5. The zero-order valence-electron chi connectivity index (χ0n) is 3.31. The summed E-state index contributed by atoms with van der Waals surface area (Å²) in [6.45, 7) is 0. The van der Waals surface area contributed by atoms with Crippen LogP contribution < -0.4 is 0 Å². The van der Waals surface area contributed by atoms with Crippen LogP contribution in [0.4, 0.5) is 0 Å². The summed E-state index contributed by atoms with van der Waals surface area (Å²) in [5, 5.41) is 0. The molecule has 0 bridgehead atoms. The summed E-state index contributed by atoms with van der Waals surface area (Å²) in [5.41, 5.74) is 0. The summed E-state index contributed by atoms with van der Waals surface area (Å²) in [5.74, 6) is 0. The number of hydrogen-bond acceptors (Lipinski definition) is 2. The van der Waals surface area contributed by atoms with E-state index in [1.165, 1.54) is 0 Å². The van der Waals surface area contributed by atoms with Crippen LogP contribution in [0.5, 0.6) is 0 Å². The van der Waals surface area contributed by atoms with Crippen LogP contribution in [0.2, 0.25) is 0 Å². The molecule has 0 aromatic heterocycles. The van der Waals surface area contributed by atoms with E-state index in [0.29, 0.717) is 10.1 Å². The first-order valence-corrected chi connectivity index (χ1v) is 3.21. The molecular formula is H10AlLi2O5PSi. The van der Waals surface area contributed by atoms with Crippen LogP contribution in [0.3, 0.4) is 0 Å². The minimum atomic E-state index is -4.64. The van der Waals surface area contributed by atoms with Crippen molar-refractivity contribution in [2.75, 3.05) is 0 Å². The maximum absolute atomic E-state index is 8.88. The van der Waals surface area contributed by atoms with Crippen molar-refractivity contribution < 1.29 is 23.7 Å². The summed E-state index contributed by atoms with van der Waals surface area (Å²) in [7, 11) is -4.03. The van der Waals surface area contributed by atoms with E-state index >= 15 is 0 Å². The summed E-state index contributed by atoms with van der Waals surface area (Å²) < 4.78 is 17.2. The average molecular weight is 190 g/mol. The van der Waals surface area contributed by atoms with Crippen LogP contribution >= 0.6 is 7.82 Å². The molecule has 0 atom stereocenters. The summed E-state index contributed by atoms with van der Waals surface area (Å²) in [4.78, 5) is 21.6. The van der Waals surface area contributed by atoms with Gasteiger partial charge >= 0.3 is 45.5 Å². The van der Waals surface area contributed by atoms with Crippen LogP contribution in [0.15, 0.2) is 0 Å². The second-order valence-electron chi connectivity index (χ2n) is 0.513. The van der Waals surface area contributed by atoms with Crippen molar-refractivity contribution in [1.29, 1.82) is 0 Å². The topological polar surface area (TPSA) is 94.8 Å². The minimum absolute atomic E-state index is 0. The predicted molar refractivity (Wildman–Crippen MR) is 47.7 cm³/mol. The van der Waals surface area contributed by atoms with Gasteiger partial charge in [0, 0.05) is 0 Å². The fourth-order valence-electron chi connectivity index (χ4n) is 0. The van der Waals surface area contributed by atoms with Crippen molar-refractivity contribution >= 4 is 73.0 Å². The van der Waals surface area contributed by atoms with Gasteiger partial charge < -0.3 is 19.1 Å². The van der Waals surface area contributed by atoms with Crippen molar-refractivity contribution in [3.8, 4) is 0 Å². The van der Waals surface area contributed by atoms with Gasteiger partial charge in [0.15, 0.2) is 17.4 Å². The first kappa shape index (κ1) is 29.7. The molecule has 0 aromatic carbocycles. The van der Waals surface area contributed by atoms with Crippen molar-refractivity contribution in [3.63, 3.8) is 0 Å². The SMILES string of the molecule is O=P(O)(O)O.O=[SiH2].[AlH3].[LiH].[LiH]. The zero-order valence-corrected chi connectivity index (χ0v) is 5.62. The van der Waals surface area contributed by atoms with Crippen LogP contribution in [0.25, 0.3) is 0 Å². The Hall–Kier alpha value is 1.85. The number of hydrogen-bond donors (Lipinski definition) is 3. The molecule has 10 heavy (non-hydrogen) atoms. The molecule has 0 amide bonds. The van der Waals surface area contributed by atoms with Crippen molar-refractivity contribution in [3.05, 3.63) is 0 Å². The first-order chi connectivity index (χ1) is 3.00. The molecule has 0 aliphatic rings. The van der Waals surface area contributed by atoms with E-state index < -0.39 is 7.82 Å². The molecule has 0 aliphatic heterocycles. The van der Waals surface area contributed by atoms with Gasteiger partial charge in [-0.05, 0) is 0 Å². The van der Waals surface area contributed by atoms with Gasteiger partial charge in [-0.15, -0.1) is 0 Å². The third-order valence-electron chi connectivity index (χ3n) is 0. The summed E-state index contributed by atoms with van der Waals surface area (Å²) in [6.07, 6.45) is 0. The average Bonchev–Trinajstić information content (AvgIpc) is 1.36. The van der Waals surface area contributed by atoms with Crippen molar-refractivity contribution in [1.82, 2.24) is 0 Å². The van der Waals surface area contributed by atoms with Gasteiger partial charge in [-0.25, -0.2) is 4.57 Å². The Kier molecular flexibility index (Phi) is 50.8. The number of phosphoric acid groups is 1. The fourth-order valence-corrected chi connectivity index (χ4v) is 0. The molecule has 0 aliphatic carbocycles. The van der Waals surface area contributed by atoms with Gasteiger partial charge in [0.05, 0.1) is 0 Å². The third kappa shape index (κ3) is 225. The predicted octanol–water partition coefficient (Wildman–Crippen LogP) is -4.44. The monoisotopic (exact) mass is 190 g/mol. The molecule has 0 rings (SSSR count). The first-order valence-electron chi connectivity index (χ1n) is 1.07. The Balaban J connectivity index is -0.0000000154. The standard InChI is InChI=1S/Al.2Li.H3O4P.H2OSi.5H/c;;;1-5(2,3)4;1-2;;;;;/h;;;(H3,1,2,3,4);2H2;;;;;. The normalized spacial score (nSPS) is 6.30. The fraction of sp³-hybridized carbons (Fsp3) is 0. The molecule has 0 saturated carbocycles. The van der Waals surface area contributed by atoms with Gasteiger partial charge in [0.1, 0.15) is 0 Å². The molecule has 5 nitrogen and oxygen atoms in total. The quantitative estimate of drug-likeness (QED) is 0.264. The number of rotatable bonds is 0. The molecule has 0 saturated heterocycles. The third-order valence-corrected chi connectivity index (χ3v) is 0. The Morgan fingerprint density at radius 3 is 1.00 bits per heavy atom. The van der Waals surface area contributed by atoms with Crippen LogP contribution in [-0.2, 0) is 9.03 Å². The van der Waals surface area contributed by atoms with E-state index in [1.54, 1.807) is 0 Å². The van der Waals surface area contributed by atoms with Gasteiger partial charge in [-0.3, -0.25) is 0 Å². The Morgan fingerprint density at radius 1 is 1.00 bits per heavy atom. The second-order valence-corrected chi connectivity index (χ2v) is 1.54. The zero-order chi connectivity index (χ0) is 6.50. The van der Waals surface area contributed by atoms with Crippen LogP contribution in [-0.4, -0.2) is 79.9 Å². The molecule has 3 N–H and O–H groups in total. The molecule has 0 aromatic rings. The Labute approximate surface area is 96.2 Å². The van der Waals surface area contributed by atoms with Crippen molar-refractivity contribution in [2.24, 2.45) is 0 Å². The van der Waals surface area contributed by atoms with Gasteiger partial charge in [-0.1, -0.05) is 0 Å². The van der Waals surface area contributed by atoms with E-state index in [0.717, 1.165) is 0 Å². The molecule has 0 radical (unpaired) electrons. The molecular weight excluding hydrogens is 180 g/mol. The van der Waals surface area contributed by atoms with E-state index in [2.05, 4.69) is 0 Å². The van der Waals surface area contributed by atoms with Crippen LogP contribution in [0, 0.1) is 0 Å².